The lowest BCUT2D eigenvalue weighted by atomic mass is 10.2. The van der Waals surface area contributed by atoms with Crippen LogP contribution in [-0.4, -0.2) is 22.7 Å². The quantitative estimate of drug-likeness (QED) is 0.766. The Morgan fingerprint density at radius 3 is 2.70 bits per heavy atom. The molecule has 1 amide bonds. The van der Waals surface area contributed by atoms with E-state index in [1.807, 2.05) is 25.1 Å². The number of hydrogen-bond acceptors (Lipinski definition) is 3. The second kappa shape index (κ2) is 8.17. The van der Waals surface area contributed by atoms with Crippen LogP contribution in [0.4, 0.5) is 5.69 Å². The summed E-state index contributed by atoms with van der Waals surface area (Å²) in [5, 5.41) is 11.8. The van der Waals surface area contributed by atoms with Crippen molar-refractivity contribution in [2.45, 2.75) is 12.7 Å². The zero-order chi connectivity index (χ0) is 16.8. The average Bonchev–Trinajstić information content (AvgIpc) is 2.49. The number of carboxylic acids is 1. The highest BCUT2D eigenvalue weighted by Crippen LogP contribution is 2.22. The van der Waals surface area contributed by atoms with Crippen LogP contribution in [-0.2, 0) is 10.5 Å². The number of benzene rings is 2. The van der Waals surface area contributed by atoms with Gasteiger partial charge in [0.15, 0.2) is 0 Å². The largest absolute Gasteiger partial charge is 0.478 e. The van der Waals surface area contributed by atoms with Gasteiger partial charge in [0.05, 0.1) is 17.0 Å². The van der Waals surface area contributed by atoms with E-state index in [-0.39, 0.29) is 17.2 Å². The van der Waals surface area contributed by atoms with Crippen molar-refractivity contribution in [3.63, 3.8) is 0 Å². The molecular formula is C17H16BrNO3S. The number of halogens is 1. The molecule has 0 fully saturated rings. The maximum Gasteiger partial charge on any atom is 0.337 e. The van der Waals surface area contributed by atoms with E-state index in [9.17, 15) is 14.7 Å². The van der Waals surface area contributed by atoms with Crippen LogP contribution in [0, 0.1) is 6.92 Å². The number of carbonyl (C=O) groups is 2. The van der Waals surface area contributed by atoms with Crippen LogP contribution in [0.5, 0.6) is 0 Å². The fourth-order valence-corrected chi connectivity index (χ4v) is 3.19. The third-order valence-electron chi connectivity index (χ3n) is 3.07. The first-order valence-electron chi connectivity index (χ1n) is 6.91. The maximum absolute atomic E-state index is 12.0. The lowest BCUT2D eigenvalue weighted by molar-refractivity contribution is -0.113. The predicted molar refractivity (Wildman–Crippen MR) is 97.1 cm³/mol. The molecule has 4 nitrogen and oxygen atoms in total. The molecule has 2 aromatic carbocycles. The van der Waals surface area contributed by atoms with Gasteiger partial charge in [0.2, 0.25) is 5.91 Å². The summed E-state index contributed by atoms with van der Waals surface area (Å²) in [6.45, 7) is 2.03. The molecule has 0 atom stereocenters. The van der Waals surface area contributed by atoms with E-state index in [1.165, 1.54) is 23.4 Å². The van der Waals surface area contributed by atoms with E-state index < -0.39 is 5.97 Å². The van der Waals surface area contributed by atoms with E-state index in [4.69, 9.17) is 0 Å². The van der Waals surface area contributed by atoms with Gasteiger partial charge in [-0.25, -0.2) is 4.79 Å². The molecule has 0 saturated heterocycles. The van der Waals surface area contributed by atoms with Crippen LogP contribution in [0.15, 0.2) is 46.9 Å². The summed E-state index contributed by atoms with van der Waals surface area (Å²) in [7, 11) is 0. The van der Waals surface area contributed by atoms with Crippen molar-refractivity contribution in [2.24, 2.45) is 0 Å². The molecule has 0 aliphatic heterocycles. The normalized spacial score (nSPS) is 10.3. The van der Waals surface area contributed by atoms with Crippen molar-refractivity contribution in [1.82, 2.24) is 0 Å². The fourth-order valence-electron chi connectivity index (χ4n) is 2.05. The molecule has 23 heavy (non-hydrogen) atoms. The molecule has 0 aliphatic rings. The second-order valence-electron chi connectivity index (χ2n) is 5.03. The van der Waals surface area contributed by atoms with Crippen molar-refractivity contribution >= 4 is 45.3 Å². The molecule has 2 N–H and O–H groups in total. The monoisotopic (exact) mass is 393 g/mol. The SMILES string of the molecule is Cc1cccc(CSCC(=O)Nc2ccc(Br)cc2C(=O)O)c1. The maximum atomic E-state index is 12.0. The van der Waals surface area contributed by atoms with Crippen LogP contribution in [0.3, 0.4) is 0 Å². The Bertz CT molecular complexity index is 734. The molecule has 2 rings (SSSR count). The van der Waals surface area contributed by atoms with Gasteiger partial charge in [-0.1, -0.05) is 45.8 Å². The third kappa shape index (κ3) is 5.41. The molecule has 0 heterocycles. The Balaban J connectivity index is 1.91. The second-order valence-corrected chi connectivity index (χ2v) is 6.93. The summed E-state index contributed by atoms with van der Waals surface area (Å²) in [5.41, 5.74) is 2.73. The molecule has 6 heteroatoms. The van der Waals surface area contributed by atoms with Crippen LogP contribution in [0.1, 0.15) is 21.5 Å². The van der Waals surface area contributed by atoms with E-state index in [0.717, 1.165) is 11.3 Å². The van der Waals surface area contributed by atoms with E-state index >= 15 is 0 Å². The van der Waals surface area contributed by atoms with E-state index in [1.54, 1.807) is 12.1 Å². The number of aromatic carboxylic acids is 1. The standard InChI is InChI=1S/C17H16BrNO3S/c1-11-3-2-4-12(7-11)9-23-10-16(20)19-15-6-5-13(18)8-14(15)17(21)22/h2-8H,9-10H2,1H3,(H,19,20)(H,21,22). The highest BCUT2D eigenvalue weighted by atomic mass is 79.9. The van der Waals surface area contributed by atoms with Crippen molar-refractivity contribution in [3.8, 4) is 0 Å². The summed E-state index contributed by atoms with van der Waals surface area (Å²) in [5.74, 6) is -0.286. The molecule has 0 unspecified atom stereocenters. The summed E-state index contributed by atoms with van der Waals surface area (Å²) >= 11 is 4.72. The Labute approximate surface area is 147 Å². The van der Waals surface area contributed by atoms with Crippen LogP contribution in [0.25, 0.3) is 0 Å². The highest BCUT2D eigenvalue weighted by molar-refractivity contribution is 9.10. The van der Waals surface area contributed by atoms with E-state index in [0.29, 0.717) is 10.2 Å². The molecule has 0 bridgehead atoms. The molecule has 0 saturated carbocycles. The predicted octanol–water partition coefficient (Wildman–Crippen LogP) is 4.33. The van der Waals surface area contributed by atoms with Gasteiger partial charge in [-0.05, 0) is 30.7 Å². The van der Waals surface area contributed by atoms with Crippen molar-refractivity contribution in [2.75, 3.05) is 11.1 Å². The van der Waals surface area contributed by atoms with Gasteiger partial charge in [-0.3, -0.25) is 4.79 Å². The van der Waals surface area contributed by atoms with Crippen LogP contribution in [0.2, 0.25) is 0 Å². The molecule has 0 aliphatic carbocycles. The van der Waals surface area contributed by atoms with Crippen molar-refractivity contribution in [1.29, 1.82) is 0 Å². The third-order valence-corrected chi connectivity index (χ3v) is 4.57. The van der Waals surface area contributed by atoms with Crippen LogP contribution < -0.4 is 5.32 Å². The summed E-state index contributed by atoms with van der Waals surface area (Å²) in [6.07, 6.45) is 0. The summed E-state index contributed by atoms with van der Waals surface area (Å²) < 4.78 is 0.654. The van der Waals surface area contributed by atoms with Crippen LogP contribution >= 0.6 is 27.7 Å². The molecular weight excluding hydrogens is 378 g/mol. The number of amides is 1. The highest BCUT2D eigenvalue weighted by Gasteiger charge is 2.13. The minimum absolute atomic E-state index is 0.0661. The van der Waals surface area contributed by atoms with Gasteiger partial charge in [0, 0.05) is 10.2 Å². The van der Waals surface area contributed by atoms with Gasteiger partial charge >= 0.3 is 5.97 Å². The van der Waals surface area contributed by atoms with Gasteiger partial charge in [0.25, 0.3) is 0 Å². The number of anilines is 1. The Hall–Kier alpha value is -1.79. The van der Waals surface area contributed by atoms with E-state index in [2.05, 4.69) is 27.3 Å². The van der Waals surface area contributed by atoms with Crippen molar-refractivity contribution < 1.29 is 14.7 Å². The Morgan fingerprint density at radius 1 is 1.22 bits per heavy atom. The molecule has 0 aromatic heterocycles. The lowest BCUT2D eigenvalue weighted by Crippen LogP contribution is -2.16. The molecule has 0 spiro atoms. The molecule has 120 valence electrons. The van der Waals surface area contributed by atoms with Crippen molar-refractivity contribution in [3.05, 3.63) is 63.6 Å². The minimum Gasteiger partial charge on any atom is -0.478 e. The minimum atomic E-state index is -1.07. The summed E-state index contributed by atoms with van der Waals surface area (Å²) in [4.78, 5) is 23.2. The molecule has 0 radical (unpaired) electrons. The van der Waals surface area contributed by atoms with Gasteiger partial charge < -0.3 is 10.4 Å². The average molecular weight is 394 g/mol. The van der Waals surface area contributed by atoms with Gasteiger partial charge in [0.1, 0.15) is 0 Å². The first-order valence-corrected chi connectivity index (χ1v) is 8.86. The smallest absolute Gasteiger partial charge is 0.337 e. The number of carboxylic acid groups (broad SMARTS) is 1. The summed E-state index contributed by atoms with van der Waals surface area (Å²) in [6, 6.07) is 12.9. The number of thioether (sulfide) groups is 1. The number of nitrogens with one attached hydrogen (secondary N) is 1. The first-order chi connectivity index (χ1) is 11.0. The number of hydrogen-bond donors (Lipinski definition) is 2. The Morgan fingerprint density at radius 2 is 2.00 bits per heavy atom. The van der Waals surface area contributed by atoms with Gasteiger partial charge in [-0.15, -0.1) is 11.8 Å². The fraction of sp³-hybridized carbons (Fsp3) is 0.176. The van der Waals surface area contributed by atoms with Gasteiger partial charge in [-0.2, -0.15) is 0 Å². The zero-order valence-corrected chi connectivity index (χ0v) is 14.9. The molecule has 2 aromatic rings. The zero-order valence-electron chi connectivity index (χ0n) is 12.5. The number of carbonyl (C=O) groups excluding carboxylic acids is 1. The lowest BCUT2D eigenvalue weighted by Gasteiger charge is -2.09. The number of rotatable bonds is 6. The topological polar surface area (TPSA) is 66.4 Å². The number of aryl methyl sites for hydroxylation is 1. The Kier molecular flexibility index (Phi) is 6.24. The first kappa shape index (κ1) is 17.6.